The molecule has 2 heterocycles. The summed E-state index contributed by atoms with van der Waals surface area (Å²) in [5.74, 6) is 2.54. The second-order valence-electron chi connectivity index (χ2n) is 4.22. The topological polar surface area (TPSA) is 41.1 Å². The molecule has 17 heavy (non-hydrogen) atoms. The van der Waals surface area contributed by atoms with Crippen molar-refractivity contribution in [1.29, 1.82) is 0 Å². The van der Waals surface area contributed by atoms with Gasteiger partial charge in [0.05, 0.1) is 0 Å². The molecule has 0 amide bonds. The van der Waals surface area contributed by atoms with Crippen LogP contribution in [0.4, 0.5) is 5.00 Å². The van der Waals surface area contributed by atoms with Crippen molar-refractivity contribution in [3.05, 3.63) is 5.69 Å². The van der Waals surface area contributed by atoms with Crippen LogP contribution in [0.15, 0.2) is 0 Å². The molecule has 1 aliphatic heterocycles. The summed E-state index contributed by atoms with van der Waals surface area (Å²) in [7, 11) is 0. The fourth-order valence-electron chi connectivity index (χ4n) is 1.85. The number of rotatable bonds is 5. The Morgan fingerprint density at radius 3 is 3.18 bits per heavy atom. The predicted octanol–water partition coefficient (Wildman–Crippen LogP) is 2.30. The zero-order chi connectivity index (χ0) is 11.9. The number of nitrogens with zero attached hydrogens (tertiary/aromatic N) is 3. The molecule has 1 aromatic rings. The summed E-state index contributed by atoms with van der Waals surface area (Å²) in [6.45, 7) is 6.50. The van der Waals surface area contributed by atoms with Crippen molar-refractivity contribution >= 4 is 28.3 Å². The molecule has 0 unspecified atom stereocenters. The first-order valence-electron chi connectivity index (χ1n) is 6.25. The highest BCUT2D eigenvalue weighted by atomic mass is 32.2. The number of thioether (sulfide) groups is 1. The second kappa shape index (κ2) is 7.18. The smallest absolute Gasteiger partial charge is 0.134 e. The molecule has 1 N–H and O–H groups in total. The van der Waals surface area contributed by atoms with Crippen LogP contribution in [0.2, 0.25) is 0 Å². The van der Waals surface area contributed by atoms with Crippen molar-refractivity contribution in [2.45, 2.75) is 26.3 Å². The molecule has 1 aliphatic rings. The van der Waals surface area contributed by atoms with Crippen LogP contribution in [0.25, 0.3) is 0 Å². The van der Waals surface area contributed by atoms with E-state index in [2.05, 4.69) is 38.5 Å². The molecule has 0 atom stereocenters. The highest BCUT2D eigenvalue weighted by molar-refractivity contribution is 7.99. The molecule has 0 bridgehead atoms. The lowest BCUT2D eigenvalue weighted by Gasteiger charge is -2.18. The maximum absolute atomic E-state index is 4.25. The van der Waals surface area contributed by atoms with Crippen molar-refractivity contribution in [3.63, 3.8) is 0 Å². The first-order chi connectivity index (χ1) is 8.40. The Kier molecular flexibility index (Phi) is 5.54. The minimum atomic E-state index is 0.948. The minimum absolute atomic E-state index is 0.948. The summed E-state index contributed by atoms with van der Waals surface area (Å²) in [6, 6.07) is 0. The Labute approximate surface area is 111 Å². The Hall–Kier alpha value is -0.330. The van der Waals surface area contributed by atoms with Gasteiger partial charge in [-0.05, 0) is 25.1 Å². The van der Waals surface area contributed by atoms with E-state index >= 15 is 0 Å². The molecule has 2 rings (SSSR count). The van der Waals surface area contributed by atoms with E-state index in [1.165, 1.54) is 42.5 Å². The van der Waals surface area contributed by atoms with E-state index in [1.54, 1.807) is 0 Å². The monoisotopic (exact) mass is 272 g/mol. The lowest BCUT2D eigenvalue weighted by molar-refractivity contribution is 0.284. The van der Waals surface area contributed by atoms with Gasteiger partial charge in [-0.15, -0.1) is 5.10 Å². The Balaban J connectivity index is 1.90. The number of hydrogen-bond acceptors (Lipinski definition) is 6. The molecule has 0 spiro atoms. The summed E-state index contributed by atoms with van der Waals surface area (Å²) in [5.41, 5.74) is 1.12. The Morgan fingerprint density at radius 1 is 1.35 bits per heavy atom. The third-order valence-electron chi connectivity index (χ3n) is 2.78. The van der Waals surface area contributed by atoms with Crippen LogP contribution in [0.5, 0.6) is 0 Å². The third-order valence-corrected chi connectivity index (χ3v) is 4.55. The van der Waals surface area contributed by atoms with Gasteiger partial charge < -0.3 is 5.32 Å². The van der Waals surface area contributed by atoms with Crippen LogP contribution >= 0.6 is 23.3 Å². The van der Waals surface area contributed by atoms with Gasteiger partial charge in [-0.1, -0.05) is 11.4 Å². The molecular weight excluding hydrogens is 252 g/mol. The molecule has 1 saturated heterocycles. The highest BCUT2D eigenvalue weighted by Crippen LogP contribution is 2.20. The first kappa shape index (κ1) is 13.1. The predicted molar refractivity (Wildman–Crippen MR) is 75.9 cm³/mol. The van der Waals surface area contributed by atoms with Crippen molar-refractivity contribution in [3.8, 4) is 0 Å². The van der Waals surface area contributed by atoms with Gasteiger partial charge in [-0.3, -0.25) is 4.90 Å². The van der Waals surface area contributed by atoms with E-state index in [9.17, 15) is 0 Å². The average molecular weight is 272 g/mol. The van der Waals surface area contributed by atoms with E-state index in [1.807, 2.05) is 0 Å². The van der Waals surface area contributed by atoms with Crippen molar-refractivity contribution in [2.75, 3.05) is 36.5 Å². The molecule has 1 fully saturated rings. The van der Waals surface area contributed by atoms with Gasteiger partial charge in [0.2, 0.25) is 0 Å². The summed E-state index contributed by atoms with van der Waals surface area (Å²) in [5, 5.41) is 8.82. The van der Waals surface area contributed by atoms with Crippen LogP contribution in [0, 0.1) is 0 Å². The Bertz CT molecular complexity index is 321. The molecular formula is C11H20N4S2. The summed E-state index contributed by atoms with van der Waals surface area (Å²) in [6.07, 6.45) is 2.43. The van der Waals surface area contributed by atoms with Crippen molar-refractivity contribution in [1.82, 2.24) is 14.5 Å². The molecule has 0 aromatic carbocycles. The first-order valence-corrected chi connectivity index (χ1v) is 8.18. The van der Waals surface area contributed by atoms with Crippen molar-refractivity contribution in [2.24, 2.45) is 0 Å². The lowest BCUT2D eigenvalue weighted by atomic mass is 10.3. The van der Waals surface area contributed by atoms with Crippen LogP contribution in [-0.4, -0.2) is 45.6 Å². The van der Waals surface area contributed by atoms with E-state index < -0.39 is 0 Å². The van der Waals surface area contributed by atoms with Gasteiger partial charge in [0.25, 0.3) is 0 Å². The molecule has 4 nitrogen and oxygen atoms in total. The molecule has 0 saturated carbocycles. The largest absolute Gasteiger partial charge is 0.374 e. The quantitative estimate of drug-likeness (QED) is 0.891. The average Bonchev–Trinajstić information content (AvgIpc) is 2.61. The van der Waals surface area contributed by atoms with E-state index in [0.717, 1.165) is 30.2 Å². The molecule has 6 heteroatoms. The number of nitrogens with one attached hydrogen (secondary N) is 1. The standard InChI is InChI=1S/C11H20N4S2/c1-2-4-12-11-10(13-14-17-11)9-15-5-3-7-16-8-6-15/h12H,2-9H2,1H3. The zero-order valence-electron chi connectivity index (χ0n) is 10.3. The van der Waals surface area contributed by atoms with E-state index in [0.29, 0.717) is 0 Å². The Morgan fingerprint density at radius 2 is 2.29 bits per heavy atom. The normalized spacial score (nSPS) is 17.9. The number of hydrogen-bond donors (Lipinski definition) is 1. The summed E-state index contributed by atoms with van der Waals surface area (Å²) >= 11 is 3.54. The highest BCUT2D eigenvalue weighted by Gasteiger charge is 2.14. The van der Waals surface area contributed by atoms with E-state index in [4.69, 9.17) is 0 Å². The van der Waals surface area contributed by atoms with Crippen LogP contribution in [-0.2, 0) is 6.54 Å². The summed E-state index contributed by atoms with van der Waals surface area (Å²) < 4.78 is 4.06. The third kappa shape index (κ3) is 4.12. The van der Waals surface area contributed by atoms with Gasteiger partial charge in [-0.25, -0.2) is 0 Å². The van der Waals surface area contributed by atoms with Gasteiger partial charge in [0.15, 0.2) is 0 Å². The van der Waals surface area contributed by atoms with Crippen LogP contribution < -0.4 is 5.32 Å². The van der Waals surface area contributed by atoms with E-state index in [-0.39, 0.29) is 0 Å². The molecule has 1 aromatic heterocycles. The van der Waals surface area contributed by atoms with Gasteiger partial charge in [0, 0.05) is 36.9 Å². The van der Waals surface area contributed by atoms with Crippen LogP contribution in [0.3, 0.4) is 0 Å². The summed E-state index contributed by atoms with van der Waals surface area (Å²) in [4.78, 5) is 2.49. The minimum Gasteiger partial charge on any atom is -0.374 e. The second-order valence-corrected chi connectivity index (χ2v) is 6.20. The fourth-order valence-corrected chi connectivity index (χ4v) is 3.38. The maximum Gasteiger partial charge on any atom is 0.134 e. The zero-order valence-corrected chi connectivity index (χ0v) is 11.9. The molecule has 96 valence electrons. The SMILES string of the molecule is CCCNc1snnc1CN1CCCSCC1. The number of aromatic nitrogens is 2. The van der Waals surface area contributed by atoms with Crippen molar-refractivity contribution < 1.29 is 0 Å². The number of anilines is 1. The van der Waals surface area contributed by atoms with Gasteiger partial charge >= 0.3 is 0 Å². The van der Waals surface area contributed by atoms with Gasteiger partial charge in [0.1, 0.15) is 10.7 Å². The fraction of sp³-hybridized carbons (Fsp3) is 0.818. The maximum atomic E-state index is 4.25. The van der Waals surface area contributed by atoms with Gasteiger partial charge in [-0.2, -0.15) is 11.8 Å². The molecule has 0 aliphatic carbocycles. The lowest BCUT2D eigenvalue weighted by Crippen LogP contribution is -2.26. The molecule has 0 radical (unpaired) electrons. The van der Waals surface area contributed by atoms with Crippen LogP contribution in [0.1, 0.15) is 25.5 Å².